The van der Waals surface area contributed by atoms with Crippen LogP contribution in [0.1, 0.15) is 62.5 Å². The highest BCUT2D eigenvalue weighted by molar-refractivity contribution is 7.99. The number of carbonyl (C=O) groups excluding carboxylic acids is 1. The lowest BCUT2D eigenvalue weighted by Gasteiger charge is -2.19. The van der Waals surface area contributed by atoms with E-state index in [-0.39, 0.29) is 11.8 Å². The topological polar surface area (TPSA) is 107 Å². The molecule has 1 aliphatic carbocycles. The Labute approximate surface area is 247 Å². The van der Waals surface area contributed by atoms with Crippen LogP contribution < -0.4 is 11.5 Å². The van der Waals surface area contributed by atoms with Gasteiger partial charge in [-0.1, -0.05) is 50.3 Å². The van der Waals surface area contributed by atoms with E-state index in [1.807, 2.05) is 68.6 Å². The number of aryl methyl sites for hydroxylation is 1. The van der Waals surface area contributed by atoms with Crippen LogP contribution in [0.25, 0.3) is 11.3 Å². The van der Waals surface area contributed by atoms with E-state index in [4.69, 9.17) is 21.4 Å². The number of hydrogen-bond acceptors (Lipinski definition) is 7. The second-order valence-corrected chi connectivity index (χ2v) is 11.6. The molecule has 0 fully saturated rings. The summed E-state index contributed by atoms with van der Waals surface area (Å²) < 4.78 is 0. The lowest BCUT2D eigenvalue weighted by Crippen LogP contribution is -2.15. The molecule has 4 rings (SSSR count). The van der Waals surface area contributed by atoms with Gasteiger partial charge in [-0.3, -0.25) is 15.0 Å². The zero-order valence-electron chi connectivity index (χ0n) is 24.3. The van der Waals surface area contributed by atoms with Gasteiger partial charge in [-0.05, 0) is 80.5 Å². The highest BCUT2D eigenvalue weighted by Crippen LogP contribution is 2.31. The maximum absolute atomic E-state index is 11.1. The molecule has 41 heavy (non-hydrogen) atoms. The van der Waals surface area contributed by atoms with Gasteiger partial charge in [0.15, 0.2) is 0 Å². The largest absolute Gasteiger partial charge is 0.398 e. The van der Waals surface area contributed by atoms with E-state index in [2.05, 4.69) is 37.0 Å². The molecule has 212 valence electrons. The molecule has 1 heterocycles. The number of aromatic nitrogens is 1. The van der Waals surface area contributed by atoms with Crippen molar-refractivity contribution in [2.75, 3.05) is 11.6 Å². The van der Waals surface area contributed by atoms with Crippen LogP contribution in [0.2, 0.25) is 0 Å². The summed E-state index contributed by atoms with van der Waals surface area (Å²) in [6.07, 6.45) is 7.55. The number of aliphatic imine (C=N–C) groups is 2. The highest BCUT2D eigenvalue weighted by atomic mass is 32.2. The molecule has 0 bridgehead atoms. The van der Waals surface area contributed by atoms with Crippen molar-refractivity contribution < 1.29 is 4.79 Å². The molecule has 0 amide bonds. The molecule has 0 radical (unpaired) electrons. The average molecular weight is 566 g/mol. The van der Waals surface area contributed by atoms with Crippen LogP contribution in [-0.2, 0) is 4.79 Å². The molecule has 1 aromatic heterocycles. The monoisotopic (exact) mass is 565 g/mol. The van der Waals surface area contributed by atoms with Crippen LogP contribution >= 0.6 is 11.8 Å². The SMILES string of the molecule is CC(=Nc1ccc(C2=CCC(C=O)CC2)nc1C)/C(=C(\N)c1cccc(N)c1/C=N/CSc1ccccc1)C(C)C. The number of carbonyl (C=O) groups is 1. The molecule has 1 unspecified atom stereocenters. The zero-order valence-corrected chi connectivity index (χ0v) is 25.1. The summed E-state index contributed by atoms with van der Waals surface area (Å²) in [6.45, 7) is 8.22. The van der Waals surface area contributed by atoms with Crippen molar-refractivity contribution >= 4 is 52.6 Å². The van der Waals surface area contributed by atoms with E-state index >= 15 is 0 Å². The molecular weight excluding hydrogens is 526 g/mol. The van der Waals surface area contributed by atoms with Crippen LogP contribution in [0.4, 0.5) is 11.4 Å². The number of benzene rings is 2. The summed E-state index contributed by atoms with van der Waals surface area (Å²) in [5.41, 5.74) is 21.8. The Balaban J connectivity index is 1.62. The fourth-order valence-corrected chi connectivity index (χ4v) is 5.74. The lowest BCUT2D eigenvalue weighted by molar-refractivity contribution is -0.111. The molecule has 2 aromatic carbocycles. The first-order chi connectivity index (χ1) is 19.8. The van der Waals surface area contributed by atoms with E-state index in [0.717, 1.165) is 65.0 Å². The molecule has 4 N–H and O–H groups in total. The van der Waals surface area contributed by atoms with Gasteiger partial charge in [0.1, 0.15) is 6.29 Å². The smallest absolute Gasteiger partial charge is 0.123 e. The van der Waals surface area contributed by atoms with Gasteiger partial charge < -0.3 is 16.3 Å². The maximum atomic E-state index is 11.1. The van der Waals surface area contributed by atoms with Gasteiger partial charge in [0.2, 0.25) is 0 Å². The zero-order chi connectivity index (χ0) is 29.4. The molecule has 0 saturated heterocycles. The van der Waals surface area contributed by atoms with Gasteiger partial charge in [-0.25, -0.2) is 0 Å². The van der Waals surface area contributed by atoms with Crippen LogP contribution in [0.5, 0.6) is 0 Å². The minimum absolute atomic E-state index is 0.123. The van der Waals surface area contributed by atoms with E-state index < -0.39 is 0 Å². The minimum Gasteiger partial charge on any atom is -0.398 e. The van der Waals surface area contributed by atoms with Crippen molar-refractivity contribution in [2.45, 2.75) is 51.9 Å². The fourth-order valence-electron chi connectivity index (χ4n) is 5.09. The van der Waals surface area contributed by atoms with E-state index in [9.17, 15) is 4.79 Å². The number of nitrogen functional groups attached to an aromatic ring is 1. The highest BCUT2D eigenvalue weighted by Gasteiger charge is 2.18. The van der Waals surface area contributed by atoms with Gasteiger partial charge in [-0.15, -0.1) is 11.8 Å². The number of thioether (sulfide) groups is 1. The summed E-state index contributed by atoms with van der Waals surface area (Å²) in [7, 11) is 0. The lowest BCUT2D eigenvalue weighted by atomic mass is 9.89. The molecular formula is C34H39N5OS. The van der Waals surface area contributed by atoms with Gasteiger partial charge >= 0.3 is 0 Å². The van der Waals surface area contributed by atoms with Crippen LogP contribution in [0.3, 0.4) is 0 Å². The third-order valence-corrected chi connectivity index (χ3v) is 8.16. The van der Waals surface area contributed by atoms with Crippen molar-refractivity contribution in [3.05, 3.63) is 94.8 Å². The number of nitrogens with zero attached hydrogens (tertiary/aromatic N) is 3. The van der Waals surface area contributed by atoms with Crippen molar-refractivity contribution in [2.24, 2.45) is 27.6 Å². The quantitative estimate of drug-likeness (QED) is 0.114. The van der Waals surface area contributed by atoms with Crippen LogP contribution in [0.15, 0.2) is 87.2 Å². The second-order valence-electron chi connectivity index (χ2n) is 10.6. The van der Waals surface area contributed by atoms with Gasteiger partial charge in [0.05, 0.1) is 23.0 Å². The second kappa shape index (κ2) is 14.1. The molecule has 7 heteroatoms. The van der Waals surface area contributed by atoms with E-state index in [1.165, 1.54) is 10.5 Å². The number of aldehydes is 1. The van der Waals surface area contributed by atoms with E-state index in [0.29, 0.717) is 17.3 Å². The summed E-state index contributed by atoms with van der Waals surface area (Å²) in [5.74, 6) is 0.831. The van der Waals surface area contributed by atoms with Gasteiger partial charge in [0, 0.05) is 45.3 Å². The Kier molecular flexibility index (Phi) is 10.3. The van der Waals surface area contributed by atoms with E-state index in [1.54, 1.807) is 11.8 Å². The number of nitrogens with two attached hydrogens (primary N) is 2. The fraction of sp³-hybridized carbons (Fsp3) is 0.294. The Hall–Kier alpha value is -3.97. The Morgan fingerprint density at radius 2 is 1.90 bits per heavy atom. The van der Waals surface area contributed by atoms with Crippen molar-refractivity contribution in [1.82, 2.24) is 4.98 Å². The minimum atomic E-state index is 0.123. The summed E-state index contributed by atoms with van der Waals surface area (Å²) in [4.78, 5) is 26.7. The Morgan fingerprint density at radius 3 is 2.56 bits per heavy atom. The number of anilines is 1. The van der Waals surface area contributed by atoms with Crippen molar-refractivity contribution in [3.63, 3.8) is 0 Å². The third kappa shape index (κ3) is 7.61. The van der Waals surface area contributed by atoms with Crippen molar-refractivity contribution in [3.8, 4) is 0 Å². The molecule has 1 aliphatic rings. The predicted octanol–water partition coefficient (Wildman–Crippen LogP) is 7.64. The van der Waals surface area contributed by atoms with Crippen molar-refractivity contribution in [1.29, 1.82) is 0 Å². The molecule has 0 saturated carbocycles. The van der Waals surface area contributed by atoms with Gasteiger partial charge in [0.25, 0.3) is 0 Å². The van der Waals surface area contributed by atoms with Gasteiger partial charge in [-0.2, -0.15) is 0 Å². The number of pyridine rings is 1. The number of hydrogen-bond donors (Lipinski definition) is 2. The first kappa shape index (κ1) is 30.0. The Bertz CT molecular complexity index is 1500. The third-order valence-electron chi connectivity index (χ3n) is 7.28. The number of allylic oxidation sites excluding steroid dienone is 3. The van der Waals surface area contributed by atoms with Crippen LogP contribution in [0, 0.1) is 18.8 Å². The van der Waals surface area contributed by atoms with Crippen LogP contribution in [-0.4, -0.2) is 29.1 Å². The molecule has 1 atom stereocenters. The maximum Gasteiger partial charge on any atom is 0.123 e. The summed E-state index contributed by atoms with van der Waals surface area (Å²) in [6, 6.07) is 20.0. The molecule has 0 aliphatic heterocycles. The average Bonchev–Trinajstić information content (AvgIpc) is 2.97. The number of rotatable bonds is 10. The Morgan fingerprint density at radius 1 is 1.12 bits per heavy atom. The first-order valence-corrected chi connectivity index (χ1v) is 15.0. The normalized spacial score (nSPS) is 16.6. The predicted molar refractivity (Wildman–Crippen MR) is 175 cm³/mol. The molecule has 0 spiro atoms. The molecule has 6 nitrogen and oxygen atoms in total. The standard InChI is InChI=1S/C34H39N5OS/c1-22(2)33(24(4)39-31-17-18-32(38-23(31)3)26-15-13-25(20-40)14-16-26)34(36)28-11-8-12-30(35)29(28)19-37-21-41-27-9-6-5-7-10-27/h5-12,15,17-20,22,25H,13-14,16,21,35-36H2,1-4H3/b34-33-,37-19+,39-24?. The molecule has 3 aromatic rings. The summed E-state index contributed by atoms with van der Waals surface area (Å²) in [5, 5.41) is 0. The first-order valence-electron chi connectivity index (χ1n) is 14.0. The summed E-state index contributed by atoms with van der Waals surface area (Å²) >= 11 is 1.66.